The first-order valence-corrected chi connectivity index (χ1v) is 7.82. The Morgan fingerprint density at radius 1 is 1.28 bits per heavy atom. The highest BCUT2D eigenvalue weighted by Crippen LogP contribution is 2.19. The van der Waals surface area contributed by atoms with Crippen molar-refractivity contribution < 1.29 is 14.3 Å². The first kappa shape index (κ1) is 16.7. The van der Waals surface area contributed by atoms with Gasteiger partial charge in [-0.3, -0.25) is 0 Å². The van der Waals surface area contributed by atoms with Crippen LogP contribution in [0.1, 0.15) is 21.7 Å². The molecular weight excluding hydrogens is 322 g/mol. The van der Waals surface area contributed by atoms with E-state index in [0.717, 1.165) is 16.9 Å². The third kappa shape index (κ3) is 3.68. The zero-order chi connectivity index (χ0) is 17.8. The van der Waals surface area contributed by atoms with E-state index in [2.05, 4.69) is 30.0 Å². The number of carbonyl (C=O) groups excluding carboxylic acids is 1. The summed E-state index contributed by atoms with van der Waals surface area (Å²) in [5.41, 5.74) is 3.25. The molecule has 2 heterocycles. The largest absolute Gasteiger partial charge is 0.491 e. The van der Waals surface area contributed by atoms with Gasteiger partial charge in [-0.25, -0.2) is 19.7 Å². The lowest BCUT2D eigenvalue weighted by Crippen LogP contribution is -2.15. The number of imidazole rings is 1. The van der Waals surface area contributed by atoms with Crippen molar-refractivity contribution in [1.82, 2.24) is 19.9 Å². The van der Waals surface area contributed by atoms with Gasteiger partial charge in [-0.05, 0) is 31.0 Å². The number of nitrogens with one attached hydrogen (secondary N) is 2. The number of aromatic amines is 1. The SMILES string of the molecule is COC(=O)c1nc(NCCOc2cc(C)ccc2C)c2[nH]cnc2n1. The maximum Gasteiger partial charge on any atom is 0.376 e. The van der Waals surface area contributed by atoms with Gasteiger partial charge in [0.25, 0.3) is 0 Å². The summed E-state index contributed by atoms with van der Waals surface area (Å²) in [5.74, 6) is 0.679. The van der Waals surface area contributed by atoms with Gasteiger partial charge in [-0.2, -0.15) is 0 Å². The second kappa shape index (κ2) is 7.16. The molecule has 3 rings (SSSR count). The number of rotatable bonds is 6. The van der Waals surface area contributed by atoms with Gasteiger partial charge in [0.15, 0.2) is 11.5 Å². The monoisotopic (exact) mass is 341 g/mol. The van der Waals surface area contributed by atoms with Gasteiger partial charge in [0.05, 0.1) is 20.0 Å². The van der Waals surface area contributed by atoms with Crippen molar-refractivity contribution in [3.05, 3.63) is 41.5 Å². The van der Waals surface area contributed by atoms with E-state index in [-0.39, 0.29) is 5.82 Å². The number of fused-ring (bicyclic) bond motifs is 1. The molecule has 0 saturated heterocycles. The molecule has 0 fully saturated rings. The first-order chi connectivity index (χ1) is 12.1. The summed E-state index contributed by atoms with van der Waals surface area (Å²) in [5, 5.41) is 3.14. The summed E-state index contributed by atoms with van der Waals surface area (Å²) < 4.78 is 10.5. The van der Waals surface area contributed by atoms with E-state index in [4.69, 9.17) is 4.74 Å². The fourth-order valence-electron chi connectivity index (χ4n) is 2.34. The van der Waals surface area contributed by atoms with Gasteiger partial charge in [0.2, 0.25) is 5.82 Å². The summed E-state index contributed by atoms with van der Waals surface area (Å²) in [6.07, 6.45) is 1.50. The minimum absolute atomic E-state index is 0.0416. The van der Waals surface area contributed by atoms with E-state index in [0.29, 0.717) is 30.1 Å². The highest BCUT2D eigenvalue weighted by atomic mass is 16.5. The van der Waals surface area contributed by atoms with Crippen LogP contribution in [0, 0.1) is 13.8 Å². The minimum atomic E-state index is -0.611. The van der Waals surface area contributed by atoms with Crippen molar-refractivity contribution in [2.45, 2.75) is 13.8 Å². The van der Waals surface area contributed by atoms with E-state index in [1.807, 2.05) is 32.0 Å². The Labute approximate surface area is 144 Å². The average molecular weight is 341 g/mol. The molecule has 0 aliphatic heterocycles. The normalized spacial score (nSPS) is 10.7. The maximum atomic E-state index is 11.7. The van der Waals surface area contributed by atoms with Crippen LogP contribution in [0.15, 0.2) is 24.5 Å². The van der Waals surface area contributed by atoms with Gasteiger partial charge in [-0.15, -0.1) is 0 Å². The second-order valence-electron chi connectivity index (χ2n) is 5.53. The van der Waals surface area contributed by atoms with E-state index in [9.17, 15) is 4.79 Å². The van der Waals surface area contributed by atoms with Crippen LogP contribution in [0.4, 0.5) is 5.82 Å². The number of H-pyrrole nitrogens is 1. The molecule has 0 unspecified atom stereocenters. The molecule has 0 saturated carbocycles. The lowest BCUT2D eigenvalue weighted by Gasteiger charge is -2.11. The molecule has 25 heavy (non-hydrogen) atoms. The predicted molar refractivity (Wildman–Crippen MR) is 92.9 cm³/mol. The Kier molecular flexibility index (Phi) is 4.78. The molecular formula is C17H19N5O3. The summed E-state index contributed by atoms with van der Waals surface area (Å²) in [6.45, 7) is 4.97. The van der Waals surface area contributed by atoms with Crippen LogP contribution in [0.2, 0.25) is 0 Å². The number of carbonyl (C=O) groups is 1. The molecule has 0 aliphatic rings. The molecule has 0 spiro atoms. The average Bonchev–Trinajstić information content (AvgIpc) is 3.09. The Morgan fingerprint density at radius 2 is 2.12 bits per heavy atom. The Balaban J connectivity index is 1.69. The molecule has 8 nitrogen and oxygen atoms in total. The number of ether oxygens (including phenoxy) is 2. The molecule has 3 aromatic rings. The second-order valence-corrected chi connectivity index (χ2v) is 5.53. The number of methoxy groups -OCH3 is 1. The molecule has 8 heteroatoms. The Morgan fingerprint density at radius 3 is 2.92 bits per heavy atom. The number of hydrogen-bond acceptors (Lipinski definition) is 7. The van der Waals surface area contributed by atoms with Gasteiger partial charge in [0, 0.05) is 0 Å². The highest BCUT2D eigenvalue weighted by molar-refractivity contribution is 5.90. The standard InChI is InChI=1S/C17H19N5O3/c1-10-4-5-11(2)12(8-10)25-7-6-18-14-13-15(20-9-19-13)22-16(21-14)17(23)24-3/h4-5,8-9H,6-7H2,1-3H3,(H2,18,19,20,21,22). The van der Waals surface area contributed by atoms with Crippen LogP contribution in [0.5, 0.6) is 5.75 Å². The van der Waals surface area contributed by atoms with Crippen molar-refractivity contribution in [2.75, 3.05) is 25.6 Å². The smallest absolute Gasteiger partial charge is 0.376 e. The van der Waals surface area contributed by atoms with Gasteiger partial charge < -0.3 is 19.8 Å². The number of aromatic nitrogens is 4. The van der Waals surface area contributed by atoms with Crippen LogP contribution >= 0.6 is 0 Å². The predicted octanol–water partition coefficient (Wildman–Crippen LogP) is 2.25. The van der Waals surface area contributed by atoms with Crippen LogP contribution in [-0.2, 0) is 4.74 Å². The number of anilines is 1. The molecule has 0 radical (unpaired) electrons. The summed E-state index contributed by atoms with van der Waals surface area (Å²) in [4.78, 5) is 27.0. The molecule has 0 amide bonds. The molecule has 2 N–H and O–H groups in total. The number of aryl methyl sites for hydroxylation is 2. The van der Waals surface area contributed by atoms with Crippen molar-refractivity contribution in [2.24, 2.45) is 0 Å². The molecule has 130 valence electrons. The summed E-state index contributed by atoms with van der Waals surface area (Å²) in [6, 6.07) is 6.08. The van der Waals surface area contributed by atoms with Gasteiger partial charge in [-0.1, -0.05) is 12.1 Å². The quantitative estimate of drug-likeness (QED) is 0.523. The fourth-order valence-corrected chi connectivity index (χ4v) is 2.34. The maximum absolute atomic E-state index is 11.7. The topological polar surface area (TPSA) is 102 Å². The van der Waals surface area contributed by atoms with Crippen LogP contribution in [-0.4, -0.2) is 46.2 Å². The van der Waals surface area contributed by atoms with Crippen molar-refractivity contribution in [1.29, 1.82) is 0 Å². The zero-order valence-electron chi connectivity index (χ0n) is 14.3. The van der Waals surface area contributed by atoms with Crippen molar-refractivity contribution >= 4 is 23.0 Å². The molecule has 2 aromatic heterocycles. The van der Waals surface area contributed by atoms with Crippen LogP contribution in [0.3, 0.4) is 0 Å². The van der Waals surface area contributed by atoms with Crippen molar-refractivity contribution in [3.8, 4) is 5.75 Å². The third-order valence-corrected chi connectivity index (χ3v) is 3.65. The Bertz CT molecular complexity index is 906. The number of hydrogen-bond donors (Lipinski definition) is 2. The zero-order valence-corrected chi connectivity index (χ0v) is 14.3. The van der Waals surface area contributed by atoms with Crippen LogP contribution in [0.25, 0.3) is 11.2 Å². The lowest BCUT2D eigenvalue weighted by molar-refractivity contribution is 0.0587. The van der Waals surface area contributed by atoms with Crippen LogP contribution < -0.4 is 10.1 Å². The number of nitrogens with zero attached hydrogens (tertiary/aromatic N) is 3. The highest BCUT2D eigenvalue weighted by Gasteiger charge is 2.15. The third-order valence-electron chi connectivity index (χ3n) is 3.65. The molecule has 1 aromatic carbocycles. The van der Waals surface area contributed by atoms with Gasteiger partial charge in [0.1, 0.15) is 17.9 Å². The van der Waals surface area contributed by atoms with E-state index in [1.54, 1.807) is 0 Å². The summed E-state index contributed by atoms with van der Waals surface area (Å²) in [7, 11) is 1.28. The lowest BCUT2D eigenvalue weighted by atomic mass is 10.1. The minimum Gasteiger partial charge on any atom is -0.491 e. The van der Waals surface area contributed by atoms with Gasteiger partial charge >= 0.3 is 5.97 Å². The fraction of sp³-hybridized carbons (Fsp3) is 0.294. The van der Waals surface area contributed by atoms with Crippen molar-refractivity contribution in [3.63, 3.8) is 0 Å². The molecule has 0 atom stereocenters. The first-order valence-electron chi connectivity index (χ1n) is 7.82. The number of benzene rings is 1. The number of esters is 1. The van der Waals surface area contributed by atoms with E-state index in [1.165, 1.54) is 13.4 Å². The molecule has 0 bridgehead atoms. The molecule has 0 aliphatic carbocycles. The summed E-state index contributed by atoms with van der Waals surface area (Å²) >= 11 is 0. The van der Waals surface area contributed by atoms with E-state index >= 15 is 0 Å². The Hall–Kier alpha value is -3.16. The van der Waals surface area contributed by atoms with E-state index < -0.39 is 5.97 Å².